The van der Waals surface area contributed by atoms with Crippen LogP contribution in [0.3, 0.4) is 0 Å². The first-order chi connectivity index (χ1) is 14.2. The third-order valence-corrected chi connectivity index (χ3v) is 4.43. The lowest BCUT2D eigenvalue weighted by molar-refractivity contribution is -0.120. The van der Waals surface area contributed by atoms with E-state index in [2.05, 4.69) is 25.8 Å². The molecule has 0 aliphatic heterocycles. The molecule has 0 bridgehead atoms. The van der Waals surface area contributed by atoms with E-state index in [1.54, 1.807) is 27.2 Å². The summed E-state index contributed by atoms with van der Waals surface area (Å²) in [5.74, 6) is 1.24. The molecule has 0 aliphatic rings. The van der Waals surface area contributed by atoms with Gasteiger partial charge in [0.2, 0.25) is 5.91 Å². The molecular formula is C20H43N7O3. The Morgan fingerprint density at radius 3 is 2.40 bits per heavy atom. The first-order valence-electron chi connectivity index (χ1n) is 10.4. The smallest absolute Gasteiger partial charge is 0.223 e. The number of hydrogen-bond acceptors (Lipinski definition) is 7. The maximum atomic E-state index is 12.1. The van der Waals surface area contributed by atoms with Gasteiger partial charge in [0, 0.05) is 53.8 Å². The molecule has 0 aromatic rings. The van der Waals surface area contributed by atoms with Crippen molar-refractivity contribution in [3.8, 4) is 0 Å². The summed E-state index contributed by atoms with van der Waals surface area (Å²) in [6, 6.07) is 0. The van der Waals surface area contributed by atoms with Crippen LogP contribution in [0.15, 0.2) is 16.9 Å². The highest BCUT2D eigenvalue weighted by molar-refractivity contribution is 5.81. The van der Waals surface area contributed by atoms with Crippen molar-refractivity contribution >= 4 is 11.9 Å². The van der Waals surface area contributed by atoms with E-state index in [-0.39, 0.29) is 12.3 Å². The normalized spacial score (nSPS) is 13.5. The van der Waals surface area contributed by atoms with Crippen molar-refractivity contribution in [3.63, 3.8) is 0 Å². The number of nitrogens with zero attached hydrogens (tertiary/aromatic N) is 4. The number of hydrogen-bond donors (Lipinski definition) is 4. The third-order valence-electron chi connectivity index (χ3n) is 4.43. The van der Waals surface area contributed by atoms with Crippen LogP contribution in [-0.4, -0.2) is 120 Å². The first-order valence-corrected chi connectivity index (χ1v) is 10.4. The standard InChI is InChI=1S/C20H43N7O3/c1-17(28)26(5)14-15-27(6)20(21-2)24-18(22-12-16-30-7)9-10-19(29)23-11-8-13-25(3)4/h9,17,22,28H,8,10-16H2,1-7H3,(H,21,24)(H,23,29)/b18-9-. The Labute approximate surface area is 182 Å². The van der Waals surface area contributed by atoms with Crippen LogP contribution in [0.1, 0.15) is 19.8 Å². The van der Waals surface area contributed by atoms with Gasteiger partial charge in [-0.3, -0.25) is 9.69 Å². The monoisotopic (exact) mass is 429 g/mol. The number of likely N-dealkylation sites (N-methyl/N-ethyl adjacent to an activating group) is 2. The number of nitrogens with one attached hydrogen (secondary N) is 3. The van der Waals surface area contributed by atoms with Crippen LogP contribution in [0.5, 0.6) is 0 Å². The number of aliphatic imine (C=N–C) groups is 1. The average molecular weight is 430 g/mol. The molecule has 0 saturated heterocycles. The van der Waals surface area contributed by atoms with Crippen LogP contribution in [0.25, 0.3) is 0 Å². The fraction of sp³-hybridized carbons (Fsp3) is 0.800. The lowest BCUT2D eigenvalue weighted by atomic mass is 10.3. The Balaban J connectivity index is 4.95. The van der Waals surface area contributed by atoms with E-state index in [4.69, 9.17) is 4.74 Å². The summed E-state index contributed by atoms with van der Waals surface area (Å²) in [6.45, 7) is 5.81. The number of methoxy groups -OCH3 is 1. The van der Waals surface area contributed by atoms with Gasteiger partial charge in [-0.05, 0) is 47.1 Å². The zero-order valence-corrected chi connectivity index (χ0v) is 19.9. The summed E-state index contributed by atoms with van der Waals surface area (Å²) in [4.78, 5) is 22.7. The summed E-state index contributed by atoms with van der Waals surface area (Å²) in [7, 11) is 11.3. The minimum Gasteiger partial charge on any atom is -0.383 e. The van der Waals surface area contributed by atoms with E-state index >= 15 is 0 Å². The van der Waals surface area contributed by atoms with Gasteiger partial charge in [-0.25, -0.2) is 0 Å². The minimum absolute atomic E-state index is 0.0343. The van der Waals surface area contributed by atoms with Crippen LogP contribution in [0, 0.1) is 0 Å². The molecule has 0 radical (unpaired) electrons. The second kappa shape index (κ2) is 16.9. The quantitative estimate of drug-likeness (QED) is 0.117. The number of rotatable bonds is 15. The van der Waals surface area contributed by atoms with E-state index < -0.39 is 6.23 Å². The second-order valence-corrected chi connectivity index (χ2v) is 7.44. The SMILES string of the molecule is CN/C(=N\C(=C/CC(=O)NCCCN(C)C)NCCOC)N(C)CCN(C)C(C)O. The molecule has 10 heteroatoms. The number of aliphatic hydroxyl groups is 1. The van der Waals surface area contributed by atoms with Crippen LogP contribution in [0.4, 0.5) is 0 Å². The van der Waals surface area contributed by atoms with Crippen molar-refractivity contribution in [1.29, 1.82) is 0 Å². The predicted octanol–water partition coefficient (Wildman–Crippen LogP) is -0.701. The predicted molar refractivity (Wildman–Crippen MR) is 122 cm³/mol. The lowest BCUT2D eigenvalue weighted by Crippen LogP contribution is -2.42. The molecule has 0 heterocycles. The van der Waals surface area contributed by atoms with Crippen LogP contribution < -0.4 is 16.0 Å². The molecule has 0 fully saturated rings. The Morgan fingerprint density at radius 2 is 1.83 bits per heavy atom. The van der Waals surface area contributed by atoms with Crippen LogP contribution >= 0.6 is 0 Å². The molecule has 0 aliphatic carbocycles. The highest BCUT2D eigenvalue weighted by Gasteiger charge is 2.10. The fourth-order valence-electron chi connectivity index (χ4n) is 2.37. The Kier molecular flexibility index (Phi) is 15.8. The molecule has 10 nitrogen and oxygen atoms in total. The maximum absolute atomic E-state index is 12.1. The highest BCUT2D eigenvalue weighted by atomic mass is 16.5. The Bertz CT molecular complexity index is 525. The summed E-state index contributed by atoms with van der Waals surface area (Å²) in [5.41, 5.74) is 0. The van der Waals surface area contributed by atoms with Crippen molar-refractivity contribution in [2.75, 3.05) is 81.7 Å². The molecular weight excluding hydrogens is 386 g/mol. The van der Waals surface area contributed by atoms with Gasteiger partial charge in [0.25, 0.3) is 0 Å². The molecule has 4 N–H and O–H groups in total. The van der Waals surface area contributed by atoms with E-state index in [9.17, 15) is 9.90 Å². The summed E-state index contributed by atoms with van der Waals surface area (Å²) in [5, 5.41) is 18.8. The molecule has 30 heavy (non-hydrogen) atoms. The van der Waals surface area contributed by atoms with Gasteiger partial charge in [-0.1, -0.05) is 0 Å². The largest absolute Gasteiger partial charge is 0.383 e. The van der Waals surface area contributed by atoms with E-state index in [0.29, 0.717) is 44.6 Å². The van der Waals surface area contributed by atoms with Crippen molar-refractivity contribution in [2.45, 2.75) is 26.0 Å². The van der Waals surface area contributed by atoms with Crippen LogP contribution in [-0.2, 0) is 9.53 Å². The van der Waals surface area contributed by atoms with Gasteiger partial charge in [-0.15, -0.1) is 0 Å². The molecule has 1 atom stereocenters. The lowest BCUT2D eigenvalue weighted by Gasteiger charge is -2.26. The summed E-state index contributed by atoms with van der Waals surface area (Å²) < 4.78 is 5.09. The second-order valence-electron chi connectivity index (χ2n) is 7.44. The Hall–Kier alpha value is -1.88. The van der Waals surface area contributed by atoms with Gasteiger partial charge in [-0.2, -0.15) is 4.99 Å². The van der Waals surface area contributed by atoms with Gasteiger partial charge < -0.3 is 35.6 Å². The van der Waals surface area contributed by atoms with E-state index in [1.165, 1.54) is 0 Å². The molecule has 0 aromatic carbocycles. The summed E-state index contributed by atoms with van der Waals surface area (Å²) >= 11 is 0. The molecule has 1 unspecified atom stereocenters. The van der Waals surface area contributed by atoms with E-state index in [0.717, 1.165) is 13.0 Å². The average Bonchev–Trinajstić information content (AvgIpc) is 2.70. The third kappa shape index (κ3) is 14.2. The van der Waals surface area contributed by atoms with Crippen molar-refractivity contribution in [2.24, 2.45) is 4.99 Å². The molecule has 0 aromatic heterocycles. The van der Waals surface area contributed by atoms with Crippen molar-refractivity contribution in [3.05, 3.63) is 11.9 Å². The number of carbonyl (C=O) groups excluding carboxylic acids is 1. The minimum atomic E-state index is -0.504. The zero-order chi connectivity index (χ0) is 22.9. The van der Waals surface area contributed by atoms with Crippen molar-refractivity contribution in [1.82, 2.24) is 30.7 Å². The van der Waals surface area contributed by atoms with Crippen LogP contribution in [0.2, 0.25) is 0 Å². The maximum Gasteiger partial charge on any atom is 0.223 e. The topological polar surface area (TPSA) is 105 Å². The number of carbonyl (C=O) groups is 1. The number of ether oxygens (including phenoxy) is 1. The fourth-order valence-corrected chi connectivity index (χ4v) is 2.37. The molecule has 0 saturated carbocycles. The van der Waals surface area contributed by atoms with E-state index in [1.807, 2.05) is 38.0 Å². The number of amides is 1. The van der Waals surface area contributed by atoms with Crippen molar-refractivity contribution < 1.29 is 14.6 Å². The summed E-state index contributed by atoms with van der Waals surface area (Å²) in [6.07, 6.45) is 2.43. The van der Waals surface area contributed by atoms with Gasteiger partial charge in [0.05, 0.1) is 6.61 Å². The van der Waals surface area contributed by atoms with Gasteiger partial charge in [0.1, 0.15) is 12.0 Å². The first kappa shape index (κ1) is 28.1. The zero-order valence-electron chi connectivity index (χ0n) is 19.9. The number of guanidine groups is 1. The molecule has 0 spiro atoms. The van der Waals surface area contributed by atoms with Gasteiger partial charge in [0.15, 0.2) is 5.96 Å². The molecule has 176 valence electrons. The highest BCUT2D eigenvalue weighted by Crippen LogP contribution is 1.99. The van der Waals surface area contributed by atoms with Gasteiger partial charge >= 0.3 is 0 Å². The molecule has 1 amide bonds. The number of aliphatic hydroxyl groups excluding tert-OH is 1. The molecule has 0 rings (SSSR count). The Morgan fingerprint density at radius 1 is 1.13 bits per heavy atom.